The number of carbonyl (C=O) groups is 1. The molecule has 0 spiro atoms. The lowest BCUT2D eigenvalue weighted by atomic mass is 9.94. The molecule has 2 N–H and O–H groups in total. The van der Waals surface area contributed by atoms with Gasteiger partial charge < -0.3 is 33.6 Å². The van der Waals surface area contributed by atoms with Crippen LogP contribution in [0.25, 0.3) is 50.3 Å². The Kier molecular flexibility index (Phi) is 52.4. The second-order valence-electron chi connectivity index (χ2n) is 32.0. The fourth-order valence-corrected chi connectivity index (χ4v) is 15.6. The zero-order valence-electron chi connectivity index (χ0n) is 70.2. The molecule has 0 saturated heterocycles. The van der Waals surface area contributed by atoms with Crippen LogP contribution in [0.3, 0.4) is 0 Å². The van der Waals surface area contributed by atoms with Crippen LogP contribution in [-0.4, -0.2) is 49.6 Å². The number of H-pyrrole nitrogens is 2. The number of aromatic nitrogens is 2. The highest BCUT2D eigenvalue weighted by atomic mass is 19.2. The molecule has 0 bridgehead atoms. The van der Waals surface area contributed by atoms with E-state index < -0.39 is 13.3 Å². The molecular weight excluding hydrogens is 1360 g/mol. The van der Waals surface area contributed by atoms with Gasteiger partial charge in [0, 0.05) is 40.7 Å². The molecule has 6 rings (SSSR count). The summed E-state index contributed by atoms with van der Waals surface area (Å²) in [6.45, 7) is 11.7. The van der Waals surface area contributed by atoms with Gasteiger partial charge in [0.2, 0.25) is 5.78 Å². The van der Waals surface area contributed by atoms with Crippen LogP contribution < -0.4 is 18.9 Å². The van der Waals surface area contributed by atoms with Crippen molar-refractivity contribution in [2.45, 2.75) is 387 Å². The van der Waals surface area contributed by atoms with E-state index in [9.17, 15) is 0 Å². The van der Waals surface area contributed by atoms with E-state index in [2.05, 4.69) is 37.7 Å². The lowest BCUT2D eigenvalue weighted by molar-refractivity contribution is 0.104. The van der Waals surface area contributed by atoms with Crippen LogP contribution in [0.4, 0.5) is 8.63 Å². The number of carbonyl (C=O) groups excluding carboxylic acids is 1. The van der Waals surface area contributed by atoms with E-state index in [1.807, 2.05) is 109 Å². The quantitative estimate of drug-likeness (QED) is 0.0130. The van der Waals surface area contributed by atoms with Gasteiger partial charge in [0.15, 0.2) is 0 Å². The van der Waals surface area contributed by atoms with E-state index in [-0.39, 0.29) is 17.1 Å². The zero-order chi connectivity index (χ0) is 77.6. The maximum Gasteiger partial charge on any atom is 0.796 e. The average Bonchev–Trinajstić information content (AvgIpc) is 1.62. The lowest BCUT2D eigenvalue weighted by Crippen LogP contribution is -2.08. The third-order valence-electron chi connectivity index (χ3n) is 22.4. The fraction of sp³-hybridized carbons (Fsp3) is 0.646. The Balaban J connectivity index is 1.16. The van der Waals surface area contributed by atoms with Crippen molar-refractivity contribution >= 4 is 19.0 Å². The Morgan fingerprint density at radius 1 is 0.282 bits per heavy atom. The van der Waals surface area contributed by atoms with Gasteiger partial charge >= 0.3 is 7.47 Å². The van der Waals surface area contributed by atoms with Gasteiger partial charge in [-0.2, -0.15) is 0 Å². The third kappa shape index (κ3) is 40.5. The molecule has 11 heteroatoms. The van der Waals surface area contributed by atoms with Gasteiger partial charge in [-0.1, -0.05) is 410 Å². The SMILES string of the molecule is CCCCCCCCCCCCCCCCOc1ccc(-c2c[nH]c(C(=O)/C=C(\OB(F)F)c3[nH]cc(-c4ccc(OCCCCCCCCCCCCCCCC)cc4)c3-c3ccc(OCCCCCCCCCCCCCCCC)cc3)c2-c2ccc(OCCCCCCCCCCCCCCCC)cc2)cc1. The largest absolute Gasteiger partial charge is 0.796 e. The average molecular weight is 1520 g/mol. The van der Waals surface area contributed by atoms with E-state index in [1.54, 1.807) is 0 Å². The minimum Gasteiger partial charge on any atom is -0.503 e. The fourth-order valence-electron chi connectivity index (χ4n) is 15.6. The smallest absolute Gasteiger partial charge is 0.503 e. The molecule has 8 nitrogen and oxygen atoms in total. The predicted octanol–water partition coefficient (Wildman–Crippen LogP) is 32.6. The molecule has 110 heavy (non-hydrogen) atoms. The molecule has 0 aliphatic rings. The molecule has 0 radical (unpaired) electrons. The minimum absolute atomic E-state index is 0.239. The molecule has 0 saturated carbocycles. The van der Waals surface area contributed by atoms with Crippen molar-refractivity contribution in [2.75, 3.05) is 26.4 Å². The molecule has 0 amide bonds. The first-order valence-electron chi connectivity index (χ1n) is 45.9. The standard InChI is InChI=1S/C99H153BF2N2O6/c1-5-9-13-17-21-25-29-33-37-41-45-49-53-57-77-106-88-69-61-84(62-70-88)92-82-103-98(96(92)86-65-73-90(74-66-86)108-79-59-55-51-47-43-39-35-31-27-23-19-15-11-7-3)94(105)81-95(110-100(101)102)99-97(87-67-75-91(76-68-87)109-80-60-56-52-48-44-40-36-32-28-24-20-16-12-8-4)93(83-104-99)85-63-71-89(72-64-85)107-78-58-54-50-46-42-38-34-30-26-22-18-14-10-6-2/h61-76,81-83,103-104H,5-60,77-80H2,1-4H3/b95-81-. The number of ether oxygens (including phenoxy) is 4. The van der Waals surface area contributed by atoms with Crippen molar-refractivity contribution in [3.8, 4) is 67.5 Å². The molecule has 0 fully saturated rings. The minimum atomic E-state index is -3.23. The van der Waals surface area contributed by atoms with Gasteiger partial charge in [-0.15, -0.1) is 0 Å². The maximum absolute atomic E-state index is 15.3. The first-order valence-corrected chi connectivity index (χ1v) is 45.9. The van der Waals surface area contributed by atoms with E-state index in [0.29, 0.717) is 37.6 Å². The summed E-state index contributed by atoms with van der Waals surface area (Å²) < 4.78 is 60.9. The van der Waals surface area contributed by atoms with Crippen molar-refractivity contribution in [3.05, 3.63) is 127 Å². The van der Waals surface area contributed by atoms with Crippen LogP contribution in [0, 0.1) is 0 Å². The number of nitrogens with one attached hydrogen (secondary N) is 2. The molecule has 0 aliphatic carbocycles. The van der Waals surface area contributed by atoms with Crippen LogP contribution in [0.5, 0.6) is 23.0 Å². The van der Waals surface area contributed by atoms with Crippen LogP contribution in [0.15, 0.2) is 116 Å². The van der Waals surface area contributed by atoms with Crippen LogP contribution in [0.2, 0.25) is 0 Å². The Labute approximate surface area is 670 Å². The monoisotopic (exact) mass is 1520 g/mol. The summed E-state index contributed by atoms with van der Waals surface area (Å²) in [6, 6.07) is 31.7. The lowest BCUT2D eigenvalue weighted by Gasteiger charge is -2.14. The van der Waals surface area contributed by atoms with E-state index in [0.717, 1.165) is 108 Å². The zero-order valence-corrected chi connectivity index (χ0v) is 70.2. The van der Waals surface area contributed by atoms with E-state index in [1.165, 1.54) is 314 Å². The summed E-state index contributed by atoms with van der Waals surface area (Å²) in [4.78, 5) is 21.9. The number of hydrogen-bond acceptors (Lipinski definition) is 6. The predicted molar refractivity (Wildman–Crippen MR) is 468 cm³/mol. The van der Waals surface area contributed by atoms with Gasteiger partial charge in [-0.3, -0.25) is 4.79 Å². The highest BCUT2D eigenvalue weighted by Gasteiger charge is 2.28. The highest BCUT2D eigenvalue weighted by Crippen LogP contribution is 2.42. The van der Waals surface area contributed by atoms with Crippen molar-refractivity contribution in [1.29, 1.82) is 0 Å². The summed E-state index contributed by atoms with van der Waals surface area (Å²) in [7, 11) is -3.23. The highest BCUT2D eigenvalue weighted by molar-refractivity contribution is 6.36. The normalized spacial score (nSPS) is 11.6. The summed E-state index contributed by atoms with van der Waals surface area (Å²) in [5, 5.41) is 0. The first-order chi connectivity index (χ1) is 54.3. The van der Waals surface area contributed by atoms with E-state index >= 15 is 13.4 Å². The molecule has 2 heterocycles. The number of halogens is 2. The van der Waals surface area contributed by atoms with Crippen molar-refractivity contribution < 1.29 is 37.0 Å². The molecule has 0 atom stereocenters. The van der Waals surface area contributed by atoms with Gasteiger partial charge in [-0.05, 0) is 96.5 Å². The second-order valence-corrected chi connectivity index (χ2v) is 32.0. The first kappa shape index (κ1) is 92.6. The van der Waals surface area contributed by atoms with Gasteiger partial charge in [0.05, 0.1) is 37.8 Å². The Morgan fingerprint density at radius 2 is 0.482 bits per heavy atom. The van der Waals surface area contributed by atoms with Crippen LogP contribution >= 0.6 is 0 Å². The molecule has 0 aliphatic heterocycles. The van der Waals surface area contributed by atoms with Gasteiger partial charge in [0.25, 0.3) is 0 Å². The third-order valence-corrected chi connectivity index (χ3v) is 22.4. The molecule has 4 aromatic carbocycles. The molecule has 612 valence electrons. The summed E-state index contributed by atoms with van der Waals surface area (Å²) >= 11 is 0. The van der Waals surface area contributed by atoms with Crippen molar-refractivity contribution in [1.82, 2.24) is 9.97 Å². The number of rotatable bonds is 73. The van der Waals surface area contributed by atoms with Crippen LogP contribution in [0.1, 0.15) is 403 Å². The van der Waals surface area contributed by atoms with Crippen molar-refractivity contribution in [3.63, 3.8) is 0 Å². The summed E-state index contributed by atoms with van der Waals surface area (Å²) in [6.07, 6.45) is 77.7. The summed E-state index contributed by atoms with van der Waals surface area (Å²) in [5.74, 6) is 2.24. The molecular formula is C99H153BF2N2O6. The van der Waals surface area contributed by atoms with Crippen LogP contribution in [-0.2, 0) is 4.65 Å². The number of benzene rings is 4. The topological polar surface area (TPSA) is 94.8 Å². The Hall–Kier alpha value is -6.23. The molecule has 6 aromatic rings. The van der Waals surface area contributed by atoms with Crippen molar-refractivity contribution in [2.24, 2.45) is 0 Å². The number of ketones is 1. The molecule has 2 aromatic heterocycles. The van der Waals surface area contributed by atoms with E-state index in [4.69, 9.17) is 23.6 Å². The number of allylic oxidation sites excluding steroid dienone is 1. The molecule has 0 unspecified atom stereocenters. The Morgan fingerprint density at radius 3 is 0.709 bits per heavy atom. The number of unbranched alkanes of at least 4 members (excludes halogenated alkanes) is 52. The maximum atomic E-state index is 15.3. The number of hydrogen-bond donors (Lipinski definition) is 2. The second kappa shape index (κ2) is 62.2. The number of aromatic amines is 2. The van der Waals surface area contributed by atoms with Gasteiger partial charge in [-0.25, -0.2) is 8.63 Å². The van der Waals surface area contributed by atoms with Gasteiger partial charge in [0.1, 0.15) is 28.8 Å². The summed E-state index contributed by atoms with van der Waals surface area (Å²) in [5.41, 5.74) is 6.53. The Bertz CT molecular complexity index is 3190.